The number of aryl methyl sites for hydroxylation is 1. The summed E-state index contributed by atoms with van der Waals surface area (Å²) in [6, 6.07) is 19.3. The van der Waals surface area contributed by atoms with Crippen molar-refractivity contribution in [1.82, 2.24) is 0 Å². The lowest BCUT2D eigenvalue weighted by atomic mass is 10.1. The summed E-state index contributed by atoms with van der Waals surface area (Å²) in [5, 5.41) is 0. The third kappa shape index (κ3) is 4.87. The lowest BCUT2D eigenvalue weighted by molar-refractivity contribution is 0.592. The van der Waals surface area contributed by atoms with Gasteiger partial charge in [-0.1, -0.05) is 60.7 Å². The average molecular weight is 274 g/mol. The highest BCUT2D eigenvalue weighted by Crippen LogP contribution is 2.09. The van der Waals surface area contributed by atoms with Gasteiger partial charge in [0.15, 0.2) is 9.84 Å². The molecule has 0 aliphatic carbocycles. The molecule has 0 aliphatic heterocycles. The molecule has 0 radical (unpaired) electrons. The Bertz CT molecular complexity index is 589. The van der Waals surface area contributed by atoms with E-state index in [0.717, 1.165) is 12.0 Å². The molecule has 0 fully saturated rings. The van der Waals surface area contributed by atoms with E-state index in [1.165, 1.54) is 5.56 Å². The first kappa shape index (κ1) is 13.8. The van der Waals surface area contributed by atoms with Crippen molar-refractivity contribution in [2.75, 3.05) is 5.75 Å². The van der Waals surface area contributed by atoms with Crippen LogP contribution < -0.4 is 0 Å². The molecule has 0 atom stereocenters. The molecule has 0 heterocycles. The molecule has 2 rings (SSSR count). The van der Waals surface area contributed by atoms with Gasteiger partial charge in [0.2, 0.25) is 0 Å². The molecule has 0 amide bonds. The fourth-order valence-electron chi connectivity index (χ4n) is 2.04. The van der Waals surface area contributed by atoms with Gasteiger partial charge >= 0.3 is 0 Å². The molecular formula is C16H18O2S. The molecule has 0 bridgehead atoms. The van der Waals surface area contributed by atoms with Gasteiger partial charge in [-0.15, -0.1) is 0 Å². The largest absolute Gasteiger partial charge is 0.228 e. The normalized spacial score (nSPS) is 11.4. The van der Waals surface area contributed by atoms with Crippen molar-refractivity contribution in [3.05, 3.63) is 71.8 Å². The van der Waals surface area contributed by atoms with E-state index in [0.29, 0.717) is 6.42 Å². The van der Waals surface area contributed by atoms with Crippen LogP contribution in [0.25, 0.3) is 0 Å². The minimum atomic E-state index is -3.00. The Morgan fingerprint density at radius 3 is 1.84 bits per heavy atom. The summed E-state index contributed by atoms with van der Waals surface area (Å²) in [7, 11) is -3.00. The van der Waals surface area contributed by atoms with Crippen LogP contribution in [0.15, 0.2) is 60.7 Å². The lowest BCUT2D eigenvalue weighted by Crippen LogP contribution is -2.10. The van der Waals surface area contributed by atoms with Crippen molar-refractivity contribution in [2.45, 2.75) is 18.6 Å². The van der Waals surface area contributed by atoms with Gasteiger partial charge in [-0.05, 0) is 24.0 Å². The quantitative estimate of drug-likeness (QED) is 0.810. The molecule has 19 heavy (non-hydrogen) atoms. The van der Waals surface area contributed by atoms with Crippen molar-refractivity contribution < 1.29 is 8.42 Å². The molecule has 0 saturated carbocycles. The maximum absolute atomic E-state index is 12.0. The Hall–Kier alpha value is -1.61. The second kappa shape index (κ2) is 6.53. The van der Waals surface area contributed by atoms with Gasteiger partial charge in [0.05, 0.1) is 11.5 Å². The Labute approximate surface area is 115 Å². The highest BCUT2D eigenvalue weighted by Gasteiger charge is 2.11. The van der Waals surface area contributed by atoms with Gasteiger partial charge < -0.3 is 0 Å². The second-order valence-electron chi connectivity index (χ2n) is 4.67. The summed E-state index contributed by atoms with van der Waals surface area (Å²) in [6.45, 7) is 0. The average Bonchev–Trinajstić information content (AvgIpc) is 2.40. The molecule has 3 heteroatoms. The molecule has 0 aliphatic rings. The topological polar surface area (TPSA) is 34.1 Å². The van der Waals surface area contributed by atoms with Gasteiger partial charge in [0.25, 0.3) is 0 Å². The number of benzene rings is 2. The Kier molecular flexibility index (Phi) is 4.74. The van der Waals surface area contributed by atoms with E-state index in [9.17, 15) is 8.42 Å². The number of rotatable bonds is 6. The van der Waals surface area contributed by atoms with Gasteiger partial charge in [0, 0.05) is 0 Å². The van der Waals surface area contributed by atoms with Gasteiger partial charge in [-0.3, -0.25) is 0 Å². The fraction of sp³-hybridized carbons (Fsp3) is 0.250. The van der Waals surface area contributed by atoms with Crippen LogP contribution in [0.2, 0.25) is 0 Å². The summed E-state index contributed by atoms with van der Waals surface area (Å²) in [5.41, 5.74) is 2.06. The zero-order valence-electron chi connectivity index (χ0n) is 10.8. The van der Waals surface area contributed by atoms with Gasteiger partial charge in [0.1, 0.15) is 0 Å². The molecule has 0 N–H and O–H groups in total. The van der Waals surface area contributed by atoms with Gasteiger partial charge in [-0.2, -0.15) is 0 Å². The monoisotopic (exact) mass is 274 g/mol. The molecule has 2 aromatic rings. The van der Waals surface area contributed by atoms with Crippen LogP contribution in [-0.4, -0.2) is 14.2 Å². The highest BCUT2D eigenvalue weighted by atomic mass is 32.2. The lowest BCUT2D eigenvalue weighted by Gasteiger charge is -2.05. The third-order valence-corrected chi connectivity index (χ3v) is 4.68. The number of hydrogen-bond donors (Lipinski definition) is 0. The first-order valence-electron chi connectivity index (χ1n) is 6.44. The Morgan fingerprint density at radius 2 is 1.26 bits per heavy atom. The van der Waals surface area contributed by atoms with Crippen molar-refractivity contribution >= 4 is 9.84 Å². The molecule has 0 aromatic heterocycles. The van der Waals surface area contributed by atoms with Crippen molar-refractivity contribution in [2.24, 2.45) is 0 Å². The standard InChI is InChI=1S/C16H18O2S/c17-19(18,14-16-10-5-2-6-11-16)13-7-12-15-8-3-1-4-9-15/h1-6,8-11H,7,12-14H2. The molecule has 0 unspecified atom stereocenters. The minimum absolute atomic E-state index is 0.141. The first-order valence-corrected chi connectivity index (χ1v) is 8.26. The van der Waals surface area contributed by atoms with Crippen LogP contribution in [0.1, 0.15) is 17.5 Å². The Morgan fingerprint density at radius 1 is 0.737 bits per heavy atom. The summed E-state index contributed by atoms with van der Waals surface area (Å²) < 4.78 is 24.0. The van der Waals surface area contributed by atoms with Crippen molar-refractivity contribution in [3.63, 3.8) is 0 Å². The summed E-state index contributed by atoms with van der Waals surface area (Å²) in [6.07, 6.45) is 1.49. The molecule has 2 nitrogen and oxygen atoms in total. The van der Waals surface area contributed by atoms with E-state index in [4.69, 9.17) is 0 Å². The third-order valence-electron chi connectivity index (χ3n) is 2.99. The predicted octanol–water partition coefficient (Wildman–Crippen LogP) is 3.23. The first-order chi connectivity index (χ1) is 9.16. The zero-order valence-corrected chi connectivity index (χ0v) is 11.6. The number of hydrogen-bond acceptors (Lipinski definition) is 2. The molecule has 0 saturated heterocycles. The van der Waals surface area contributed by atoms with Gasteiger partial charge in [-0.25, -0.2) is 8.42 Å². The molecule has 100 valence electrons. The predicted molar refractivity (Wildman–Crippen MR) is 78.7 cm³/mol. The van der Waals surface area contributed by atoms with Crippen LogP contribution in [0.4, 0.5) is 0 Å². The van der Waals surface area contributed by atoms with E-state index in [-0.39, 0.29) is 11.5 Å². The summed E-state index contributed by atoms with van der Waals surface area (Å²) in [4.78, 5) is 0. The van der Waals surface area contributed by atoms with Crippen LogP contribution >= 0.6 is 0 Å². The van der Waals surface area contributed by atoms with Crippen molar-refractivity contribution in [1.29, 1.82) is 0 Å². The molecule has 2 aromatic carbocycles. The highest BCUT2D eigenvalue weighted by molar-refractivity contribution is 7.90. The van der Waals surface area contributed by atoms with E-state index < -0.39 is 9.84 Å². The maximum Gasteiger partial charge on any atom is 0.154 e. The smallest absolute Gasteiger partial charge is 0.154 e. The second-order valence-corrected chi connectivity index (χ2v) is 6.85. The van der Waals surface area contributed by atoms with Crippen LogP contribution in [0, 0.1) is 0 Å². The van der Waals surface area contributed by atoms with E-state index in [1.807, 2.05) is 60.7 Å². The van der Waals surface area contributed by atoms with E-state index in [2.05, 4.69) is 0 Å². The van der Waals surface area contributed by atoms with Crippen molar-refractivity contribution in [3.8, 4) is 0 Å². The summed E-state index contributed by atoms with van der Waals surface area (Å²) in [5.74, 6) is 0.388. The SMILES string of the molecule is O=S(=O)(CCCc1ccccc1)Cc1ccccc1. The van der Waals surface area contributed by atoms with Crippen LogP contribution in [0.5, 0.6) is 0 Å². The van der Waals surface area contributed by atoms with Crippen LogP contribution in [0.3, 0.4) is 0 Å². The number of sulfone groups is 1. The fourth-order valence-corrected chi connectivity index (χ4v) is 3.47. The molecule has 0 spiro atoms. The molecular weight excluding hydrogens is 256 g/mol. The van der Waals surface area contributed by atoms with E-state index in [1.54, 1.807) is 0 Å². The van der Waals surface area contributed by atoms with E-state index >= 15 is 0 Å². The zero-order chi connectivity index (χ0) is 13.6. The summed E-state index contributed by atoms with van der Waals surface area (Å²) >= 11 is 0. The van der Waals surface area contributed by atoms with Crippen LogP contribution in [-0.2, 0) is 22.0 Å². The Balaban J connectivity index is 1.85. The maximum atomic E-state index is 12.0. The minimum Gasteiger partial charge on any atom is -0.228 e.